The van der Waals surface area contributed by atoms with E-state index in [2.05, 4.69) is 54.9 Å². The first-order valence-electron chi connectivity index (χ1n) is 14.7. The van der Waals surface area contributed by atoms with Gasteiger partial charge in [-0.05, 0) is 58.0 Å². The molecule has 12 heteroatoms. The Hall–Kier alpha value is -4.63. The second kappa shape index (κ2) is 15.6. The molecular formula is C31H41N9O3. The molecule has 0 spiro atoms. The number of carbonyl (C=O) groups is 2. The molecule has 228 valence electrons. The number of likely N-dealkylation sites (tertiary alicyclic amines) is 1. The van der Waals surface area contributed by atoms with Crippen LogP contribution in [0.25, 0.3) is 10.9 Å². The molecule has 2 aromatic heterocycles. The van der Waals surface area contributed by atoms with Crippen LogP contribution in [0, 0.1) is 11.8 Å². The van der Waals surface area contributed by atoms with Gasteiger partial charge in [-0.2, -0.15) is 4.98 Å². The molecule has 1 saturated heterocycles. The zero-order valence-corrected chi connectivity index (χ0v) is 25.4. The van der Waals surface area contributed by atoms with Crippen LogP contribution in [0.3, 0.4) is 0 Å². The number of methoxy groups -OCH3 is 1. The van der Waals surface area contributed by atoms with Gasteiger partial charge in [0.05, 0.1) is 29.8 Å². The number of carbonyl (C=O) groups excluding carboxylic acids is 2. The van der Waals surface area contributed by atoms with Crippen LogP contribution in [0.1, 0.15) is 44.6 Å². The predicted molar refractivity (Wildman–Crippen MR) is 168 cm³/mol. The quantitative estimate of drug-likeness (QED) is 0.135. The van der Waals surface area contributed by atoms with E-state index in [-0.39, 0.29) is 11.8 Å². The smallest absolute Gasteiger partial charge is 0.246 e. The number of unbranched alkanes of at least 4 members (excludes halogenated alkanes) is 1. The molecule has 2 amide bonds. The zero-order chi connectivity index (χ0) is 30.6. The lowest BCUT2D eigenvalue weighted by atomic mass is 10.2. The minimum absolute atomic E-state index is 0.104. The van der Waals surface area contributed by atoms with Crippen molar-refractivity contribution in [3.63, 3.8) is 0 Å². The number of amides is 2. The molecule has 0 unspecified atom stereocenters. The van der Waals surface area contributed by atoms with Crippen LogP contribution >= 0.6 is 0 Å². The third-order valence-corrected chi connectivity index (χ3v) is 6.88. The van der Waals surface area contributed by atoms with Crippen LogP contribution in [0.15, 0.2) is 36.5 Å². The summed E-state index contributed by atoms with van der Waals surface area (Å²) >= 11 is 0. The van der Waals surface area contributed by atoms with Crippen LogP contribution < -0.4 is 20.7 Å². The number of aromatic amines is 1. The number of rotatable bonds is 13. The average Bonchev–Trinajstić information content (AvgIpc) is 3.65. The fourth-order valence-corrected chi connectivity index (χ4v) is 4.69. The van der Waals surface area contributed by atoms with Crippen LogP contribution in [0.4, 0.5) is 17.5 Å². The summed E-state index contributed by atoms with van der Waals surface area (Å²) in [4.78, 5) is 38.1. The van der Waals surface area contributed by atoms with Crippen molar-refractivity contribution in [2.24, 2.45) is 0 Å². The first kappa shape index (κ1) is 31.3. The SMILES string of the molecule is CCCNc1nc(Nc2ccc3[nH]nc(OC)c3c2)ncc1C#CCCCNC(=O)[C@@H]1CCCN1C(=O)/C=C/CN(C)C. The Morgan fingerprint density at radius 3 is 2.93 bits per heavy atom. The van der Waals surface area contributed by atoms with Crippen molar-refractivity contribution in [2.75, 3.05) is 58.0 Å². The van der Waals surface area contributed by atoms with Gasteiger partial charge in [-0.15, -0.1) is 5.10 Å². The molecule has 4 N–H and O–H groups in total. The van der Waals surface area contributed by atoms with Gasteiger partial charge in [0, 0.05) is 44.4 Å². The van der Waals surface area contributed by atoms with Crippen molar-refractivity contribution >= 4 is 40.2 Å². The lowest BCUT2D eigenvalue weighted by Gasteiger charge is -2.22. The number of anilines is 3. The van der Waals surface area contributed by atoms with Gasteiger partial charge in [0.15, 0.2) is 0 Å². The lowest BCUT2D eigenvalue weighted by Crippen LogP contribution is -2.45. The van der Waals surface area contributed by atoms with Crippen molar-refractivity contribution in [3.05, 3.63) is 42.1 Å². The minimum Gasteiger partial charge on any atom is -0.480 e. The van der Waals surface area contributed by atoms with Crippen molar-refractivity contribution in [1.82, 2.24) is 35.3 Å². The summed E-state index contributed by atoms with van der Waals surface area (Å²) in [6, 6.07) is 5.35. The highest BCUT2D eigenvalue weighted by molar-refractivity contribution is 5.93. The summed E-state index contributed by atoms with van der Waals surface area (Å²) in [6.45, 7) is 4.62. The maximum Gasteiger partial charge on any atom is 0.246 e. The van der Waals surface area contributed by atoms with Crippen LogP contribution in [0.2, 0.25) is 0 Å². The maximum atomic E-state index is 12.8. The van der Waals surface area contributed by atoms with Gasteiger partial charge >= 0.3 is 0 Å². The van der Waals surface area contributed by atoms with E-state index < -0.39 is 6.04 Å². The van der Waals surface area contributed by atoms with Gasteiger partial charge in [-0.3, -0.25) is 14.7 Å². The second-order valence-corrected chi connectivity index (χ2v) is 10.6. The third-order valence-electron chi connectivity index (χ3n) is 6.88. The van der Waals surface area contributed by atoms with Gasteiger partial charge in [0.1, 0.15) is 11.9 Å². The molecule has 1 aliphatic heterocycles. The fourth-order valence-electron chi connectivity index (χ4n) is 4.69. The first-order valence-corrected chi connectivity index (χ1v) is 14.7. The second-order valence-electron chi connectivity index (χ2n) is 10.6. The maximum absolute atomic E-state index is 12.8. The summed E-state index contributed by atoms with van der Waals surface area (Å²) in [5.41, 5.74) is 2.39. The molecule has 3 heterocycles. The Morgan fingerprint density at radius 1 is 1.28 bits per heavy atom. The Morgan fingerprint density at radius 2 is 2.14 bits per heavy atom. The molecule has 0 saturated carbocycles. The van der Waals surface area contributed by atoms with Gasteiger partial charge in [0.2, 0.25) is 23.6 Å². The highest BCUT2D eigenvalue weighted by Crippen LogP contribution is 2.27. The molecule has 0 bridgehead atoms. The van der Waals surface area contributed by atoms with Crippen molar-refractivity contribution < 1.29 is 14.3 Å². The fraction of sp³-hybridized carbons (Fsp3) is 0.452. The van der Waals surface area contributed by atoms with E-state index in [1.54, 1.807) is 24.3 Å². The minimum atomic E-state index is -0.414. The number of aromatic nitrogens is 4. The molecule has 43 heavy (non-hydrogen) atoms. The van der Waals surface area contributed by atoms with Gasteiger partial charge in [-0.25, -0.2) is 4.98 Å². The lowest BCUT2D eigenvalue weighted by molar-refractivity contribution is -0.135. The van der Waals surface area contributed by atoms with E-state index >= 15 is 0 Å². The van der Waals surface area contributed by atoms with Crippen LogP contribution in [-0.2, 0) is 9.59 Å². The number of benzene rings is 1. The van der Waals surface area contributed by atoms with E-state index in [9.17, 15) is 9.59 Å². The number of nitrogens with zero attached hydrogens (tertiary/aromatic N) is 5. The number of ether oxygens (including phenoxy) is 1. The monoisotopic (exact) mass is 587 g/mol. The molecule has 1 aliphatic rings. The highest BCUT2D eigenvalue weighted by atomic mass is 16.5. The molecule has 1 atom stereocenters. The van der Waals surface area contributed by atoms with Gasteiger partial charge in [0.25, 0.3) is 0 Å². The summed E-state index contributed by atoms with van der Waals surface area (Å²) in [5, 5.41) is 17.5. The number of hydrogen-bond acceptors (Lipinski definition) is 9. The van der Waals surface area contributed by atoms with Gasteiger partial charge in [-0.1, -0.05) is 24.8 Å². The molecule has 0 radical (unpaired) electrons. The van der Waals surface area contributed by atoms with E-state index in [0.717, 1.165) is 36.0 Å². The molecule has 1 fully saturated rings. The van der Waals surface area contributed by atoms with E-state index in [4.69, 9.17) is 4.74 Å². The number of hydrogen-bond donors (Lipinski definition) is 4. The van der Waals surface area contributed by atoms with Crippen LogP contribution in [-0.4, -0.2) is 95.2 Å². The first-order chi connectivity index (χ1) is 20.9. The molecular weight excluding hydrogens is 546 g/mol. The normalized spacial score (nSPS) is 14.6. The summed E-state index contributed by atoms with van der Waals surface area (Å²) < 4.78 is 5.31. The average molecular weight is 588 g/mol. The van der Waals surface area contributed by atoms with E-state index in [1.807, 2.05) is 43.3 Å². The van der Waals surface area contributed by atoms with Crippen molar-refractivity contribution in [2.45, 2.75) is 45.1 Å². The molecule has 3 aromatic rings. The number of fused-ring (bicyclic) bond motifs is 1. The number of likely N-dealkylation sites (N-methyl/N-ethyl adjacent to an activating group) is 1. The van der Waals surface area contributed by atoms with Gasteiger partial charge < -0.3 is 30.5 Å². The Kier molecular flexibility index (Phi) is 11.3. The summed E-state index contributed by atoms with van der Waals surface area (Å²) in [7, 11) is 5.47. The number of nitrogens with one attached hydrogen (secondary N) is 4. The Labute approximate surface area is 252 Å². The molecule has 0 aliphatic carbocycles. The van der Waals surface area contributed by atoms with Crippen molar-refractivity contribution in [1.29, 1.82) is 0 Å². The predicted octanol–water partition coefficient (Wildman–Crippen LogP) is 3.28. The molecule has 4 rings (SSSR count). The van der Waals surface area contributed by atoms with E-state index in [0.29, 0.717) is 62.1 Å². The summed E-state index contributed by atoms with van der Waals surface area (Å²) in [6.07, 6.45) is 8.84. The zero-order valence-electron chi connectivity index (χ0n) is 25.4. The van der Waals surface area contributed by atoms with E-state index in [1.165, 1.54) is 0 Å². The molecule has 1 aromatic carbocycles. The largest absolute Gasteiger partial charge is 0.480 e. The highest BCUT2D eigenvalue weighted by Gasteiger charge is 2.32. The summed E-state index contributed by atoms with van der Waals surface area (Å²) in [5.74, 6) is 7.76. The molecule has 12 nitrogen and oxygen atoms in total. The number of H-pyrrole nitrogens is 1. The third kappa shape index (κ3) is 8.68. The van der Waals surface area contributed by atoms with Crippen molar-refractivity contribution in [3.8, 4) is 17.7 Å². The van der Waals surface area contributed by atoms with Crippen LogP contribution in [0.5, 0.6) is 5.88 Å². The Bertz CT molecular complexity index is 1490. The topological polar surface area (TPSA) is 140 Å². The Balaban J connectivity index is 1.30. The standard InChI is InChI=1S/C31H41N9O3/c1-5-16-32-28-22(21-34-31(36-28)35-23-14-15-25-24(20-23)30(43-4)38-37-25)11-7-6-8-17-33-29(42)26-12-9-19-40(26)27(41)13-10-18-39(2)3/h10,13-15,20-21,26H,5-6,8-9,12,16-19H2,1-4H3,(H,33,42)(H,37,38)(H2,32,34,35,36)/b13-10+/t26-/m0/s1.